The van der Waals surface area contributed by atoms with E-state index in [9.17, 15) is 0 Å². The van der Waals surface area contributed by atoms with Gasteiger partial charge in [0.25, 0.3) is 0 Å². The van der Waals surface area contributed by atoms with E-state index in [2.05, 4.69) is 10.5 Å². The van der Waals surface area contributed by atoms with Gasteiger partial charge in [-0.15, -0.1) is 0 Å². The SMILES string of the molecule is COc1ccc(NN=C(CN)c2ccccc2)cc1. The molecule has 2 rings (SSSR count). The first-order chi connectivity index (χ1) is 9.33. The fourth-order valence-electron chi connectivity index (χ4n) is 1.66. The molecule has 0 saturated carbocycles. The Balaban J connectivity index is 2.11. The number of ether oxygens (including phenoxy) is 1. The van der Waals surface area contributed by atoms with E-state index < -0.39 is 0 Å². The molecule has 0 saturated heterocycles. The van der Waals surface area contributed by atoms with E-state index in [-0.39, 0.29) is 0 Å². The highest BCUT2D eigenvalue weighted by molar-refractivity contribution is 6.02. The molecular weight excluding hydrogens is 238 g/mol. The molecule has 0 amide bonds. The van der Waals surface area contributed by atoms with Crippen LogP contribution in [0.3, 0.4) is 0 Å². The molecule has 2 aromatic rings. The van der Waals surface area contributed by atoms with Gasteiger partial charge in [0.1, 0.15) is 5.75 Å². The lowest BCUT2D eigenvalue weighted by Gasteiger charge is -2.06. The number of hydrogen-bond acceptors (Lipinski definition) is 4. The van der Waals surface area contributed by atoms with Crippen molar-refractivity contribution in [2.45, 2.75) is 0 Å². The first kappa shape index (κ1) is 13.1. The van der Waals surface area contributed by atoms with Crippen molar-refractivity contribution in [3.8, 4) is 5.75 Å². The maximum Gasteiger partial charge on any atom is 0.119 e. The van der Waals surface area contributed by atoms with E-state index in [4.69, 9.17) is 10.5 Å². The zero-order chi connectivity index (χ0) is 13.5. The average molecular weight is 255 g/mol. The smallest absolute Gasteiger partial charge is 0.119 e. The molecule has 0 aliphatic carbocycles. The van der Waals surface area contributed by atoms with E-state index in [0.29, 0.717) is 6.54 Å². The molecule has 0 radical (unpaired) electrons. The maximum atomic E-state index is 5.72. The zero-order valence-corrected chi connectivity index (χ0v) is 10.8. The molecule has 0 aliphatic heterocycles. The van der Waals surface area contributed by atoms with Crippen LogP contribution in [0.2, 0.25) is 0 Å². The van der Waals surface area contributed by atoms with Crippen LogP contribution in [0.25, 0.3) is 0 Å². The van der Waals surface area contributed by atoms with Gasteiger partial charge in [0.2, 0.25) is 0 Å². The van der Waals surface area contributed by atoms with E-state index in [0.717, 1.165) is 22.7 Å². The van der Waals surface area contributed by atoms with E-state index in [1.807, 2.05) is 54.6 Å². The molecule has 19 heavy (non-hydrogen) atoms. The predicted molar refractivity (Wildman–Crippen MR) is 78.7 cm³/mol. The fraction of sp³-hybridized carbons (Fsp3) is 0.133. The molecule has 0 unspecified atom stereocenters. The standard InChI is InChI=1S/C15H17N3O/c1-19-14-9-7-13(8-10-14)17-18-15(11-16)12-5-3-2-4-6-12/h2-10,17H,11,16H2,1H3. The van der Waals surface area contributed by atoms with Gasteiger partial charge in [-0.25, -0.2) is 0 Å². The number of hydrazone groups is 1. The van der Waals surface area contributed by atoms with Crippen LogP contribution in [0, 0.1) is 0 Å². The molecule has 0 bridgehead atoms. The van der Waals surface area contributed by atoms with Crippen LogP contribution in [0.4, 0.5) is 5.69 Å². The summed E-state index contributed by atoms with van der Waals surface area (Å²) >= 11 is 0. The highest BCUT2D eigenvalue weighted by Crippen LogP contribution is 2.15. The normalized spacial score (nSPS) is 11.2. The van der Waals surface area contributed by atoms with Gasteiger partial charge in [-0.2, -0.15) is 5.10 Å². The molecular formula is C15H17N3O. The van der Waals surface area contributed by atoms with Crippen LogP contribution in [0.5, 0.6) is 5.75 Å². The summed E-state index contributed by atoms with van der Waals surface area (Å²) in [5, 5.41) is 4.34. The summed E-state index contributed by atoms with van der Waals surface area (Å²) in [7, 11) is 1.64. The van der Waals surface area contributed by atoms with Crippen LogP contribution in [0.15, 0.2) is 59.7 Å². The largest absolute Gasteiger partial charge is 0.497 e. The predicted octanol–water partition coefficient (Wildman–Crippen LogP) is 2.47. The second kappa shape index (κ2) is 6.56. The number of rotatable bonds is 5. The van der Waals surface area contributed by atoms with Crippen molar-refractivity contribution in [1.82, 2.24) is 0 Å². The minimum atomic E-state index is 0.382. The zero-order valence-electron chi connectivity index (χ0n) is 10.8. The van der Waals surface area contributed by atoms with E-state index >= 15 is 0 Å². The van der Waals surface area contributed by atoms with Crippen LogP contribution in [-0.4, -0.2) is 19.4 Å². The second-order valence-electron chi connectivity index (χ2n) is 3.97. The molecule has 0 aromatic heterocycles. The number of benzene rings is 2. The van der Waals surface area contributed by atoms with Crippen molar-refractivity contribution < 1.29 is 4.74 Å². The monoisotopic (exact) mass is 255 g/mol. The Morgan fingerprint density at radius 2 is 1.79 bits per heavy atom. The lowest BCUT2D eigenvalue weighted by molar-refractivity contribution is 0.415. The van der Waals surface area contributed by atoms with Crippen molar-refractivity contribution in [3.63, 3.8) is 0 Å². The Bertz CT molecular complexity index is 535. The van der Waals surface area contributed by atoms with Gasteiger partial charge in [-0.3, -0.25) is 5.43 Å². The Labute approximate surface area is 112 Å². The van der Waals surface area contributed by atoms with Crippen LogP contribution >= 0.6 is 0 Å². The quantitative estimate of drug-likeness (QED) is 0.637. The molecule has 0 fully saturated rings. The summed E-state index contributed by atoms with van der Waals surface area (Å²) in [5.74, 6) is 0.816. The Kier molecular flexibility index (Phi) is 4.53. The first-order valence-corrected chi connectivity index (χ1v) is 6.05. The first-order valence-electron chi connectivity index (χ1n) is 6.05. The van der Waals surface area contributed by atoms with Gasteiger partial charge in [-0.1, -0.05) is 30.3 Å². The van der Waals surface area contributed by atoms with E-state index in [1.54, 1.807) is 7.11 Å². The van der Waals surface area contributed by atoms with Gasteiger partial charge < -0.3 is 10.5 Å². The summed E-state index contributed by atoms with van der Waals surface area (Å²) in [6, 6.07) is 17.4. The fourth-order valence-corrected chi connectivity index (χ4v) is 1.66. The Morgan fingerprint density at radius 1 is 1.11 bits per heavy atom. The summed E-state index contributed by atoms with van der Waals surface area (Å²) in [6.07, 6.45) is 0. The highest BCUT2D eigenvalue weighted by Gasteiger charge is 2.00. The molecule has 4 heteroatoms. The number of hydrogen-bond donors (Lipinski definition) is 2. The van der Waals surface area contributed by atoms with E-state index in [1.165, 1.54) is 0 Å². The maximum absolute atomic E-state index is 5.72. The third-order valence-electron chi connectivity index (χ3n) is 2.71. The summed E-state index contributed by atoms with van der Waals surface area (Å²) in [5.41, 5.74) is 11.4. The van der Waals surface area contributed by atoms with Gasteiger partial charge >= 0.3 is 0 Å². The minimum Gasteiger partial charge on any atom is -0.497 e. The average Bonchev–Trinajstić information content (AvgIpc) is 2.49. The number of methoxy groups -OCH3 is 1. The molecule has 3 N–H and O–H groups in total. The highest BCUT2D eigenvalue weighted by atomic mass is 16.5. The molecule has 0 aliphatic rings. The van der Waals surface area contributed by atoms with Gasteiger partial charge in [0, 0.05) is 6.54 Å². The second-order valence-corrected chi connectivity index (χ2v) is 3.97. The number of nitrogens with zero attached hydrogens (tertiary/aromatic N) is 1. The summed E-state index contributed by atoms with van der Waals surface area (Å²) < 4.78 is 5.10. The van der Waals surface area contributed by atoms with Crippen molar-refractivity contribution in [2.75, 3.05) is 19.1 Å². The van der Waals surface area contributed by atoms with Gasteiger partial charge in [0.15, 0.2) is 0 Å². The third-order valence-corrected chi connectivity index (χ3v) is 2.71. The lowest BCUT2D eigenvalue weighted by atomic mass is 10.1. The molecule has 0 spiro atoms. The van der Waals surface area contributed by atoms with Crippen molar-refractivity contribution in [3.05, 3.63) is 60.2 Å². The summed E-state index contributed by atoms with van der Waals surface area (Å²) in [6.45, 7) is 0.382. The third kappa shape index (κ3) is 3.56. The van der Waals surface area contributed by atoms with Crippen molar-refractivity contribution in [2.24, 2.45) is 10.8 Å². The molecule has 4 nitrogen and oxygen atoms in total. The van der Waals surface area contributed by atoms with Crippen LogP contribution in [0.1, 0.15) is 5.56 Å². The molecule has 2 aromatic carbocycles. The van der Waals surface area contributed by atoms with Gasteiger partial charge in [-0.05, 0) is 29.8 Å². The van der Waals surface area contributed by atoms with Crippen molar-refractivity contribution in [1.29, 1.82) is 0 Å². The van der Waals surface area contributed by atoms with Crippen LogP contribution < -0.4 is 15.9 Å². The lowest BCUT2D eigenvalue weighted by Crippen LogP contribution is -2.16. The summed E-state index contributed by atoms with van der Waals surface area (Å²) in [4.78, 5) is 0. The molecule has 0 heterocycles. The Morgan fingerprint density at radius 3 is 2.37 bits per heavy atom. The number of nitrogens with two attached hydrogens (primary N) is 1. The molecule has 98 valence electrons. The Hall–Kier alpha value is -2.33. The number of anilines is 1. The topological polar surface area (TPSA) is 59.6 Å². The minimum absolute atomic E-state index is 0.382. The molecule has 0 atom stereocenters. The number of nitrogens with one attached hydrogen (secondary N) is 1. The van der Waals surface area contributed by atoms with Crippen LogP contribution in [-0.2, 0) is 0 Å². The van der Waals surface area contributed by atoms with Gasteiger partial charge in [0.05, 0.1) is 18.5 Å². The van der Waals surface area contributed by atoms with Crippen molar-refractivity contribution >= 4 is 11.4 Å².